The maximum absolute atomic E-state index is 12.9. The van der Waals surface area contributed by atoms with Crippen LogP contribution in [-0.4, -0.2) is 41.9 Å². The van der Waals surface area contributed by atoms with E-state index in [0.717, 1.165) is 25.4 Å². The Morgan fingerprint density at radius 3 is 2.03 bits per heavy atom. The van der Waals surface area contributed by atoms with Crippen LogP contribution < -0.4 is 10.6 Å². The fraction of sp³-hybridized carbons (Fsp3) is 0.312. The molecule has 0 aliphatic heterocycles. The Morgan fingerprint density at radius 1 is 0.853 bits per heavy atom. The number of pyridine rings is 1. The summed E-state index contributed by atoms with van der Waals surface area (Å²) in [5, 5.41) is 7.45. The molecular formula is C16H13F9N8S. The molecule has 34 heavy (non-hydrogen) atoms. The van der Waals surface area contributed by atoms with Gasteiger partial charge >= 0.3 is 18.5 Å². The van der Waals surface area contributed by atoms with E-state index in [-0.39, 0.29) is 19.2 Å². The molecule has 3 aromatic heterocycles. The van der Waals surface area contributed by atoms with Crippen LogP contribution in [0.25, 0.3) is 5.95 Å². The van der Waals surface area contributed by atoms with Crippen LogP contribution in [0, 0.1) is 0 Å². The van der Waals surface area contributed by atoms with Gasteiger partial charge in [0.1, 0.15) is 11.7 Å². The van der Waals surface area contributed by atoms with Crippen molar-refractivity contribution in [2.24, 2.45) is 0 Å². The molecule has 0 bridgehead atoms. The van der Waals surface area contributed by atoms with Crippen LogP contribution in [0.5, 0.6) is 0 Å². The first-order chi connectivity index (χ1) is 15.1. The average Bonchev–Trinajstić information content (AvgIpc) is 3.17. The summed E-state index contributed by atoms with van der Waals surface area (Å²) in [5.41, 5.74) is -2.87. The zero-order chi connectivity index (χ0) is 24.6. The first kappa shape index (κ1) is 26.9. The summed E-state index contributed by atoms with van der Waals surface area (Å²) in [6.07, 6.45) is -12.7. The molecular weight excluding hydrogens is 507 g/mol. The van der Waals surface area contributed by atoms with E-state index in [1.165, 1.54) is 0 Å². The predicted octanol–water partition coefficient (Wildman–Crippen LogP) is 4.71. The Bertz CT molecular complexity index is 1130. The largest absolute Gasteiger partial charge is 0.435 e. The minimum Gasteiger partial charge on any atom is -0.343 e. The Labute approximate surface area is 191 Å². The molecule has 2 N–H and O–H groups in total. The van der Waals surface area contributed by atoms with Crippen LogP contribution in [0.2, 0.25) is 0 Å². The molecule has 0 saturated heterocycles. The third kappa shape index (κ3) is 6.61. The number of hydrogen-bond donors (Lipinski definition) is 2. The SMILES string of the molecule is C[C@H](Nc1nc(Nc2ccnc(C(F)(F)F)c2)nc(-n2ccc(C(F)(F)F)n2)n1)C(F)(F)F.S. The zero-order valence-electron chi connectivity index (χ0n) is 16.5. The Balaban J connectivity index is 0.00000408. The van der Waals surface area contributed by atoms with E-state index >= 15 is 0 Å². The number of nitrogens with zero attached hydrogens (tertiary/aromatic N) is 6. The van der Waals surface area contributed by atoms with Crippen molar-refractivity contribution in [1.82, 2.24) is 29.7 Å². The molecule has 0 amide bonds. The molecule has 0 fully saturated rings. The van der Waals surface area contributed by atoms with Crippen LogP contribution in [0.3, 0.4) is 0 Å². The van der Waals surface area contributed by atoms with Gasteiger partial charge in [0, 0.05) is 18.1 Å². The minimum absolute atomic E-state index is 0. The van der Waals surface area contributed by atoms with Gasteiger partial charge in [-0.25, -0.2) is 4.68 Å². The molecule has 0 aromatic carbocycles. The topological polar surface area (TPSA) is 93.4 Å². The highest BCUT2D eigenvalue weighted by Crippen LogP contribution is 2.30. The molecule has 0 radical (unpaired) electrons. The summed E-state index contributed by atoms with van der Waals surface area (Å²) < 4.78 is 116. The summed E-state index contributed by atoms with van der Waals surface area (Å²) in [7, 11) is 0. The summed E-state index contributed by atoms with van der Waals surface area (Å²) in [6, 6.07) is 0.0484. The maximum Gasteiger partial charge on any atom is 0.435 e. The smallest absolute Gasteiger partial charge is 0.343 e. The second-order valence-electron chi connectivity index (χ2n) is 6.39. The van der Waals surface area contributed by atoms with E-state index in [4.69, 9.17) is 0 Å². The van der Waals surface area contributed by atoms with Crippen LogP contribution in [0.1, 0.15) is 18.3 Å². The molecule has 186 valence electrons. The minimum atomic E-state index is -4.82. The lowest BCUT2D eigenvalue weighted by atomic mass is 10.3. The van der Waals surface area contributed by atoms with E-state index in [2.05, 4.69) is 30.4 Å². The maximum atomic E-state index is 12.9. The molecule has 8 nitrogen and oxygen atoms in total. The molecule has 0 spiro atoms. The van der Waals surface area contributed by atoms with Gasteiger partial charge in [0.2, 0.25) is 11.9 Å². The number of aromatic nitrogens is 6. The van der Waals surface area contributed by atoms with Crippen molar-refractivity contribution >= 4 is 31.1 Å². The Kier molecular flexibility index (Phi) is 7.54. The van der Waals surface area contributed by atoms with E-state index < -0.39 is 53.8 Å². The lowest BCUT2D eigenvalue weighted by Crippen LogP contribution is -2.34. The van der Waals surface area contributed by atoms with Crippen molar-refractivity contribution in [3.8, 4) is 5.95 Å². The third-order valence-corrected chi connectivity index (χ3v) is 3.85. The quantitative estimate of drug-likeness (QED) is 0.471. The zero-order valence-corrected chi connectivity index (χ0v) is 17.5. The Hall–Kier alpha value is -3.31. The van der Waals surface area contributed by atoms with Gasteiger partial charge < -0.3 is 10.6 Å². The van der Waals surface area contributed by atoms with E-state index in [9.17, 15) is 39.5 Å². The van der Waals surface area contributed by atoms with Crippen LogP contribution in [0.4, 0.5) is 57.1 Å². The van der Waals surface area contributed by atoms with Crippen LogP contribution in [0.15, 0.2) is 30.6 Å². The molecule has 18 heteroatoms. The number of hydrogen-bond acceptors (Lipinski definition) is 7. The average molecular weight is 520 g/mol. The standard InChI is InChI=1S/C16H11F9N8.H2S/c1-7(14(17,18)19)27-11-29-12(28-8-2-4-26-10(6-8)16(23,24)25)31-13(30-11)33-5-3-9(32-33)15(20,21)22;/h2-7H,1H3,(H2,26,27,28,29,30,31);1H2/t7-;/m0./s1. The van der Waals surface area contributed by atoms with Crippen molar-refractivity contribution in [3.63, 3.8) is 0 Å². The van der Waals surface area contributed by atoms with Gasteiger partial charge in [-0.15, -0.1) is 0 Å². The molecule has 3 aromatic rings. The molecule has 1 atom stereocenters. The summed E-state index contributed by atoms with van der Waals surface area (Å²) >= 11 is 0. The molecule has 3 heterocycles. The van der Waals surface area contributed by atoms with E-state index in [0.29, 0.717) is 16.8 Å². The Morgan fingerprint density at radius 2 is 1.47 bits per heavy atom. The molecule has 0 unspecified atom stereocenters. The van der Waals surface area contributed by atoms with Gasteiger partial charge in [0.15, 0.2) is 5.69 Å². The van der Waals surface area contributed by atoms with Gasteiger partial charge in [0.25, 0.3) is 5.95 Å². The van der Waals surface area contributed by atoms with Gasteiger partial charge in [0.05, 0.1) is 0 Å². The van der Waals surface area contributed by atoms with Crippen molar-refractivity contribution in [3.05, 3.63) is 42.0 Å². The third-order valence-electron chi connectivity index (χ3n) is 3.85. The van der Waals surface area contributed by atoms with Crippen molar-refractivity contribution < 1.29 is 39.5 Å². The molecule has 3 rings (SSSR count). The number of anilines is 3. The van der Waals surface area contributed by atoms with Gasteiger partial charge in [-0.3, -0.25) is 4.98 Å². The molecule has 0 aliphatic rings. The van der Waals surface area contributed by atoms with E-state index in [1.54, 1.807) is 0 Å². The lowest BCUT2D eigenvalue weighted by molar-refractivity contribution is -0.142. The highest BCUT2D eigenvalue weighted by Gasteiger charge is 2.37. The summed E-state index contributed by atoms with van der Waals surface area (Å²) in [4.78, 5) is 14.1. The fourth-order valence-corrected chi connectivity index (χ4v) is 2.24. The summed E-state index contributed by atoms with van der Waals surface area (Å²) in [6.45, 7) is 0.727. The van der Waals surface area contributed by atoms with Crippen LogP contribution >= 0.6 is 13.5 Å². The number of halogens is 9. The second kappa shape index (κ2) is 9.51. The van der Waals surface area contributed by atoms with Gasteiger partial charge in [-0.1, -0.05) is 0 Å². The highest BCUT2D eigenvalue weighted by molar-refractivity contribution is 7.59. The molecule has 0 aliphatic carbocycles. The van der Waals surface area contributed by atoms with Crippen molar-refractivity contribution in [1.29, 1.82) is 0 Å². The predicted molar refractivity (Wildman–Crippen MR) is 104 cm³/mol. The van der Waals surface area contributed by atoms with Crippen LogP contribution in [-0.2, 0) is 12.4 Å². The number of nitrogens with one attached hydrogen (secondary N) is 2. The fourth-order valence-electron chi connectivity index (χ4n) is 2.24. The number of alkyl halides is 9. The van der Waals surface area contributed by atoms with Gasteiger partial charge in [-0.2, -0.15) is 73.1 Å². The lowest BCUT2D eigenvalue weighted by Gasteiger charge is -2.18. The summed E-state index contributed by atoms with van der Waals surface area (Å²) in [5.74, 6) is -1.92. The van der Waals surface area contributed by atoms with E-state index in [1.807, 2.05) is 5.32 Å². The first-order valence-corrected chi connectivity index (χ1v) is 8.66. The normalized spacial score (nSPS) is 13.2. The highest BCUT2D eigenvalue weighted by atomic mass is 32.1. The monoisotopic (exact) mass is 520 g/mol. The van der Waals surface area contributed by atoms with Gasteiger partial charge in [-0.05, 0) is 25.1 Å². The first-order valence-electron chi connectivity index (χ1n) is 8.66. The second-order valence-corrected chi connectivity index (χ2v) is 6.39. The molecule has 0 saturated carbocycles. The van der Waals surface area contributed by atoms with Crippen molar-refractivity contribution in [2.45, 2.75) is 31.5 Å². The van der Waals surface area contributed by atoms with Crippen molar-refractivity contribution in [2.75, 3.05) is 10.6 Å². The number of rotatable bonds is 5.